The molecule has 0 radical (unpaired) electrons. The largest absolute Gasteiger partial charge is 0.376 e. The molecule has 3 amide bonds. The Hall–Kier alpha value is -2.29. The van der Waals surface area contributed by atoms with Gasteiger partial charge in [-0.25, -0.2) is 0 Å². The highest BCUT2D eigenvalue weighted by atomic mass is 16.5. The summed E-state index contributed by atoms with van der Waals surface area (Å²) in [6, 6.07) is 5.30. The van der Waals surface area contributed by atoms with Crippen molar-refractivity contribution >= 4 is 17.7 Å². The minimum atomic E-state index is -0.571. The zero-order valence-corrected chi connectivity index (χ0v) is 17.8. The van der Waals surface area contributed by atoms with Crippen LogP contribution in [-0.2, 0) is 27.4 Å². The maximum atomic E-state index is 13.0. The Morgan fingerprint density at radius 3 is 2.71 bits per heavy atom. The summed E-state index contributed by atoms with van der Waals surface area (Å²) in [6.45, 7) is 4.67. The quantitative estimate of drug-likeness (QED) is 0.690. The summed E-state index contributed by atoms with van der Waals surface area (Å²) in [5.41, 5.74) is 8.92. The first kappa shape index (κ1) is 20.6. The third-order valence-corrected chi connectivity index (χ3v) is 7.54. The normalized spacial score (nSPS) is 28.3. The van der Waals surface area contributed by atoms with Gasteiger partial charge in [0.15, 0.2) is 0 Å². The molecule has 3 fully saturated rings. The summed E-state index contributed by atoms with van der Waals surface area (Å²) >= 11 is 0. The molecule has 8 nitrogen and oxygen atoms in total. The monoisotopic (exact) mass is 426 g/mol. The van der Waals surface area contributed by atoms with Gasteiger partial charge in [0.2, 0.25) is 11.8 Å². The molecule has 31 heavy (non-hydrogen) atoms. The molecule has 0 aliphatic carbocycles. The number of nitrogens with zero attached hydrogens (tertiary/aromatic N) is 2. The second-order valence-electron chi connectivity index (χ2n) is 9.49. The van der Waals surface area contributed by atoms with E-state index in [0.29, 0.717) is 25.1 Å². The molecule has 0 aromatic heterocycles. The van der Waals surface area contributed by atoms with Crippen LogP contribution in [0.5, 0.6) is 0 Å². The lowest BCUT2D eigenvalue weighted by atomic mass is 9.76. The third kappa shape index (κ3) is 3.77. The van der Waals surface area contributed by atoms with Crippen LogP contribution in [0, 0.1) is 5.41 Å². The van der Waals surface area contributed by atoms with Crippen LogP contribution < -0.4 is 11.1 Å². The van der Waals surface area contributed by atoms with Crippen LogP contribution in [0.1, 0.15) is 53.6 Å². The number of piperidine rings is 2. The lowest BCUT2D eigenvalue weighted by molar-refractivity contribution is -0.136. The number of carbonyl (C=O) groups excluding carboxylic acids is 3. The lowest BCUT2D eigenvalue weighted by Gasteiger charge is -2.38. The SMILES string of the molecule is NCC1CC2(CCN(Cc3cccc4c3CN(C3CCC(=O)NC3=O)C4=O)CC2)CO1. The van der Waals surface area contributed by atoms with E-state index in [4.69, 9.17) is 10.5 Å². The van der Waals surface area contributed by atoms with Crippen molar-refractivity contribution in [2.45, 2.75) is 57.3 Å². The number of hydrogen-bond acceptors (Lipinski definition) is 6. The highest BCUT2D eigenvalue weighted by Crippen LogP contribution is 2.42. The molecule has 3 saturated heterocycles. The van der Waals surface area contributed by atoms with E-state index in [0.717, 1.165) is 56.6 Å². The lowest BCUT2D eigenvalue weighted by Crippen LogP contribution is -2.52. The van der Waals surface area contributed by atoms with Gasteiger partial charge in [0.05, 0.1) is 12.7 Å². The van der Waals surface area contributed by atoms with E-state index >= 15 is 0 Å². The summed E-state index contributed by atoms with van der Waals surface area (Å²) in [7, 11) is 0. The molecule has 5 rings (SSSR count). The predicted octanol–water partition coefficient (Wildman–Crippen LogP) is 0.777. The summed E-state index contributed by atoms with van der Waals surface area (Å²) in [4.78, 5) is 40.9. The topological polar surface area (TPSA) is 105 Å². The van der Waals surface area contributed by atoms with Crippen LogP contribution in [0.15, 0.2) is 18.2 Å². The average molecular weight is 427 g/mol. The predicted molar refractivity (Wildman–Crippen MR) is 113 cm³/mol. The highest BCUT2D eigenvalue weighted by molar-refractivity contribution is 6.05. The molecule has 0 bridgehead atoms. The van der Waals surface area contributed by atoms with Crippen LogP contribution in [0.25, 0.3) is 0 Å². The Morgan fingerprint density at radius 1 is 1.19 bits per heavy atom. The van der Waals surface area contributed by atoms with E-state index in [-0.39, 0.29) is 35.7 Å². The first-order valence-corrected chi connectivity index (χ1v) is 11.3. The Labute approximate surface area is 182 Å². The van der Waals surface area contributed by atoms with Crippen molar-refractivity contribution in [3.8, 4) is 0 Å². The Bertz CT molecular complexity index is 909. The van der Waals surface area contributed by atoms with Gasteiger partial charge in [-0.2, -0.15) is 0 Å². The second-order valence-corrected chi connectivity index (χ2v) is 9.49. The number of fused-ring (bicyclic) bond motifs is 1. The zero-order chi connectivity index (χ0) is 21.6. The van der Waals surface area contributed by atoms with Gasteiger partial charge in [0.1, 0.15) is 6.04 Å². The maximum absolute atomic E-state index is 13.0. The minimum Gasteiger partial charge on any atom is -0.376 e. The molecule has 1 aromatic carbocycles. The van der Waals surface area contributed by atoms with Crippen LogP contribution in [0.4, 0.5) is 0 Å². The molecule has 3 N–H and O–H groups in total. The number of likely N-dealkylation sites (tertiary alicyclic amines) is 1. The van der Waals surface area contributed by atoms with Gasteiger partial charge in [-0.3, -0.25) is 24.6 Å². The molecule has 4 aliphatic rings. The third-order valence-electron chi connectivity index (χ3n) is 7.54. The molecular formula is C23H30N4O4. The number of benzene rings is 1. The highest BCUT2D eigenvalue weighted by Gasteiger charge is 2.43. The zero-order valence-electron chi connectivity index (χ0n) is 17.8. The average Bonchev–Trinajstić information content (AvgIpc) is 3.32. The Kier molecular flexibility index (Phi) is 5.32. The molecule has 8 heteroatoms. The molecule has 4 aliphatic heterocycles. The fourth-order valence-electron chi connectivity index (χ4n) is 5.62. The summed E-state index contributed by atoms with van der Waals surface area (Å²) < 4.78 is 5.87. The maximum Gasteiger partial charge on any atom is 0.255 e. The molecule has 4 heterocycles. The van der Waals surface area contributed by atoms with Gasteiger partial charge in [-0.15, -0.1) is 0 Å². The molecule has 2 unspecified atom stereocenters. The van der Waals surface area contributed by atoms with Crippen molar-refractivity contribution in [1.82, 2.24) is 15.1 Å². The van der Waals surface area contributed by atoms with Crippen LogP contribution >= 0.6 is 0 Å². The van der Waals surface area contributed by atoms with E-state index in [1.807, 2.05) is 12.1 Å². The number of rotatable bonds is 4. The van der Waals surface area contributed by atoms with Gasteiger partial charge in [-0.05, 0) is 61.4 Å². The molecule has 0 saturated carbocycles. The Balaban J connectivity index is 1.26. The summed E-state index contributed by atoms with van der Waals surface area (Å²) in [6.07, 6.45) is 4.15. The summed E-state index contributed by atoms with van der Waals surface area (Å²) in [5.74, 6) is -0.742. The number of nitrogens with two attached hydrogens (primary N) is 1. The van der Waals surface area contributed by atoms with Crippen molar-refractivity contribution < 1.29 is 19.1 Å². The van der Waals surface area contributed by atoms with E-state index in [9.17, 15) is 14.4 Å². The van der Waals surface area contributed by atoms with Crippen molar-refractivity contribution in [3.63, 3.8) is 0 Å². The first-order valence-electron chi connectivity index (χ1n) is 11.3. The number of hydrogen-bond donors (Lipinski definition) is 2. The van der Waals surface area contributed by atoms with Crippen molar-refractivity contribution in [3.05, 3.63) is 34.9 Å². The van der Waals surface area contributed by atoms with Crippen molar-refractivity contribution in [2.75, 3.05) is 26.2 Å². The number of carbonyl (C=O) groups is 3. The molecule has 166 valence electrons. The standard InChI is InChI=1S/C23H30N4O4/c24-11-16-10-23(14-31-16)6-8-26(9-7-23)12-15-2-1-3-17-18(15)13-27(22(17)30)19-4-5-20(28)25-21(19)29/h1-3,16,19H,4-14,24H2,(H,25,28,29). The van der Waals surface area contributed by atoms with Crippen molar-refractivity contribution in [2.24, 2.45) is 11.1 Å². The van der Waals surface area contributed by atoms with Gasteiger partial charge >= 0.3 is 0 Å². The molecule has 1 aromatic rings. The minimum absolute atomic E-state index is 0.111. The smallest absolute Gasteiger partial charge is 0.255 e. The van der Waals surface area contributed by atoms with Gasteiger partial charge in [-0.1, -0.05) is 12.1 Å². The van der Waals surface area contributed by atoms with Crippen LogP contribution in [0.3, 0.4) is 0 Å². The molecule has 1 spiro atoms. The van der Waals surface area contributed by atoms with Gasteiger partial charge in [0.25, 0.3) is 5.91 Å². The van der Waals surface area contributed by atoms with E-state index in [1.54, 1.807) is 4.90 Å². The van der Waals surface area contributed by atoms with Crippen molar-refractivity contribution in [1.29, 1.82) is 0 Å². The van der Waals surface area contributed by atoms with E-state index in [2.05, 4.69) is 16.3 Å². The molecular weight excluding hydrogens is 396 g/mol. The fourth-order valence-corrected chi connectivity index (χ4v) is 5.62. The first-order chi connectivity index (χ1) is 15.0. The van der Waals surface area contributed by atoms with E-state index < -0.39 is 6.04 Å². The number of nitrogens with one attached hydrogen (secondary N) is 1. The van der Waals surface area contributed by atoms with Gasteiger partial charge in [0, 0.05) is 31.6 Å². The second kappa shape index (κ2) is 8.00. The van der Waals surface area contributed by atoms with Crippen LogP contribution in [0.2, 0.25) is 0 Å². The van der Waals surface area contributed by atoms with Crippen LogP contribution in [-0.4, -0.2) is 65.9 Å². The number of amides is 3. The number of imide groups is 1. The van der Waals surface area contributed by atoms with E-state index in [1.165, 1.54) is 0 Å². The summed E-state index contributed by atoms with van der Waals surface area (Å²) in [5, 5.41) is 2.37. The number of ether oxygens (including phenoxy) is 1. The fraction of sp³-hybridized carbons (Fsp3) is 0.609. The Morgan fingerprint density at radius 2 is 2.00 bits per heavy atom. The molecule has 2 atom stereocenters. The van der Waals surface area contributed by atoms with Gasteiger partial charge < -0.3 is 15.4 Å².